The van der Waals surface area contributed by atoms with Crippen molar-refractivity contribution in [1.82, 2.24) is 10.5 Å². The largest absolute Gasteiger partial charge is 0.317 e. The fourth-order valence-corrected chi connectivity index (χ4v) is 1.35. The number of nitrogens with one attached hydrogen (secondary N) is 1. The van der Waals surface area contributed by atoms with Crippen LogP contribution in [0.5, 0.6) is 0 Å². The van der Waals surface area contributed by atoms with Crippen LogP contribution in [0.2, 0.25) is 0 Å². The molecule has 2 N–H and O–H groups in total. The predicted molar refractivity (Wildman–Crippen MR) is 44.8 cm³/mol. The molecule has 11 heavy (non-hydrogen) atoms. The number of hydrogen-bond acceptors (Lipinski definition) is 4. The van der Waals surface area contributed by atoms with Gasteiger partial charge in [0.2, 0.25) is 0 Å². The summed E-state index contributed by atoms with van der Waals surface area (Å²) in [6.07, 6.45) is 1.76. The first kappa shape index (κ1) is 8.52. The number of aromatic nitrogens is 1. The smallest absolute Gasteiger partial charge is 0.0960 e. The summed E-state index contributed by atoms with van der Waals surface area (Å²) >= 11 is 1.61. The highest BCUT2D eigenvalue weighted by atomic mass is 32.2. The molecule has 1 aromatic rings. The zero-order valence-electron chi connectivity index (χ0n) is 6.03. The molecule has 0 aliphatic heterocycles. The third-order valence-electron chi connectivity index (χ3n) is 1.10. The van der Waals surface area contributed by atoms with E-state index in [1.54, 1.807) is 18.0 Å². The molecule has 0 aliphatic rings. The van der Waals surface area contributed by atoms with Crippen molar-refractivity contribution in [2.24, 2.45) is 0 Å². The van der Waals surface area contributed by atoms with Crippen LogP contribution >= 0.6 is 11.8 Å². The SMILES string of the molecule is ONCCSc1ccccn1. The van der Waals surface area contributed by atoms with Crippen molar-refractivity contribution in [2.45, 2.75) is 5.03 Å². The van der Waals surface area contributed by atoms with Crippen LogP contribution in [0.3, 0.4) is 0 Å². The minimum atomic E-state index is 0.585. The van der Waals surface area contributed by atoms with Gasteiger partial charge in [-0.25, -0.2) is 10.5 Å². The van der Waals surface area contributed by atoms with Gasteiger partial charge in [0, 0.05) is 18.5 Å². The van der Waals surface area contributed by atoms with Gasteiger partial charge in [0.25, 0.3) is 0 Å². The summed E-state index contributed by atoms with van der Waals surface area (Å²) in [7, 11) is 0. The molecule has 4 heteroatoms. The Morgan fingerprint density at radius 1 is 1.55 bits per heavy atom. The second-order valence-electron chi connectivity index (χ2n) is 1.92. The Bertz CT molecular complexity index is 193. The summed E-state index contributed by atoms with van der Waals surface area (Å²) < 4.78 is 0. The molecule has 0 aromatic carbocycles. The zero-order valence-corrected chi connectivity index (χ0v) is 6.84. The number of nitrogens with zero attached hydrogens (tertiary/aromatic N) is 1. The fraction of sp³-hybridized carbons (Fsp3) is 0.286. The van der Waals surface area contributed by atoms with Crippen LogP contribution in [0.25, 0.3) is 0 Å². The number of hydroxylamine groups is 1. The van der Waals surface area contributed by atoms with Gasteiger partial charge in [-0.15, -0.1) is 11.8 Å². The van der Waals surface area contributed by atoms with Gasteiger partial charge in [-0.05, 0) is 12.1 Å². The van der Waals surface area contributed by atoms with E-state index in [2.05, 4.69) is 10.5 Å². The van der Waals surface area contributed by atoms with Gasteiger partial charge < -0.3 is 5.21 Å². The first-order chi connectivity index (χ1) is 5.43. The van der Waals surface area contributed by atoms with E-state index in [0.29, 0.717) is 6.54 Å². The molecule has 0 unspecified atom stereocenters. The minimum Gasteiger partial charge on any atom is -0.317 e. The van der Waals surface area contributed by atoms with Crippen molar-refractivity contribution in [3.8, 4) is 0 Å². The van der Waals surface area contributed by atoms with E-state index in [0.717, 1.165) is 10.8 Å². The van der Waals surface area contributed by atoms with E-state index in [1.165, 1.54) is 0 Å². The maximum absolute atomic E-state index is 8.26. The minimum absolute atomic E-state index is 0.585. The van der Waals surface area contributed by atoms with Crippen LogP contribution in [0.1, 0.15) is 0 Å². The molecular formula is C7H10N2OS. The highest BCUT2D eigenvalue weighted by Crippen LogP contribution is 2.12. The number of pyridine rings is 1. The lowest BCUT2D eigenvalue weighted by molar-refractivity contribution is 0.174. The number of rotatable bonds is 4. The average molecular weight is 170 g/mol. The molecule has 0 saturated carbocycles. The van der Waals surface area contributed by atoms with E-state index < -0.39 is 0 Å². The molecule has 0 bridgehead atoms. The van der Waals surface area contributed by atoms with Crippen molar-refractivity contribution in [3.63, 3.8) is 0 Å². The van der Waals surface area contributed by atoms with Crippen molar-refractivity contribution < 1.29 is 5.21 Å². The third kappa shape index (κ3) is 3.36. The molecule has 0 spiro atoms. The van der Waals surface area contributed by atoms with Gasteiger partial charge in [0.05, 0.1) is 5.03 Å². The highest BCUT2D eigenvalue weighted by molar-refractivity contribution is 7.99. The lowest BCUT2D eigenvalue weighted by atomic mass is 10.5. The Kier molecular flexibility index (Phi) is 3.96. The van der Waals surface area contributed by atoms with Crippen LogP contribution < -0.4 is 5.48 Å². The van der Waals surface area contributed by atoms with E-state index >= 15 is 0 Å². The van der Waals surface area contributed by atoms with Gasteiger partial charge in [-0.3, -0.25) is 0 Å². The summed E-state index contributed by atoms with van der Waals surface area (Å²) in [5.41, 5.74) is 2.09. The van der Waals surface area contributed by atoms with Gasteiger partial charge in [-0.1, -0.05) is 6.07 Å². The zero-order chi connectivity index (χ0) is 7.94. The van der Waals surface area contributed by atoms with Crippen molar-refractivity contribution >= 4 is 11.8 Å². The second-order valence-corrected chi connectivity index (χ2v) is 3.04. The van der Waals surface area contributed by atoms with Crippen LogP contribution in [0.15, 0.2) is 29.4 Å². The third-order valence-corrected chi connectivity index (χ3v) is 2.05. The lowest BCUT2D eigenvalue weighted by Crippen LogP contribution is -2.10. The van der Waals surface area contributed by atoms with E-state index in [4.69, 9.17) is 5.21 Å². The van der Waals surface area contributed by atoms with Crippen LogP contribution in [-0.4, -0.2) is 22.5 Å². The molecular weight excluding hydrogens is 160 g/mol. The normalized spacial score (nSPS) is 9.91. The van der Waals surface area contributed by atoms with Crippen LogP contribution in [-0.2, 0) is 0 Å². The summed E-state index contributed by atoms with van der Waals surface area (Å²) in [5.74, 6) is 0.827. The molecule has 0 atom stereocenters. The summed E-state index contributed by atoms with van der Waals surface area (Å²) in [5, 5.41) is 9.25. The average Bonchev–Trinajstić information content (AvgIpc) is 2.07. The quantitative estimate of drug-likeness (QED) is 0.404. The van der Waals surface area contributed by atoms with Gasteiger partial charge in [0.1, 0.15) is 0 Å². The Labute approximate surface area is 69.8 Å². The molecule has 3 nitrogen and oxygen atoms in total. The Hall–Kier alpha value is -0.580. The molecule has 0 fully saturated rings. The summed E-state index contributed by atoms with van der Waals surface area (Å²) in [6, 6.07) is 5.78. The maximum atomic E-state index is 8.26. The predicted octanol–water partition coefficient (Wildman–Crippen LogP) is 1.15. The topological polar surface area (TPSA) is 45.1 Å². The first-order valence-electron chi connectivity index (χ1n) is 3.34. The van der Waals surface area contributed by atoms with Crippen molar-refractivity contribution in [2.75, 3.05) is 12.3 Å². The first-order valence-corrected chi connectivity index (χ1v) is 4.33. The molecule has 0 radical (unpaired) electrons. The number of thioether (sulfide) groups is 1. The molecule has 1 heterocycles. The fourth-order valence-electron chi connectivity index (χ4n) is 0.634. The standard InChI is InChI=1S/C7H10N2OS/c10-9-5-6-11-7-3-1-2-4-8-7/h1-4,9-10H,5-6H2. The van der Waals surface area contributed by atoms with E-state index in [-0.39, 0.29) is 0 Å². The van der Waals surface area contributed by atoms with Crippen LogP contribution in [0.4, 0.5) is 0 Å². The van der Waals surface area contributed by atoms with Crippen molar-refractivity contribution in [1.29, 1.82) is 0 Å². The van der Waals surface area contributed by atoms with Gasteiger partial charge in [0.15, 0.2) is 0 Å². The monoisotopic (exact) mass is 170 g/mol. The molecule has 0 amide bonds. The van der Waals surface area contributed by atoms with E-state index in [1.807, 2.05) is 18.2 Å². The van der Waals surface area contributed by atoms with Crippen molar-refractivity contribution in [3.05, 3.63) is 24.4 Å². The summed E-state index contributed by atoms with van der Waals surface area (Å²) in [6.45, 7) is 0.585. The van der Waals surface area contributed by atoms with Gasteiger partial charge >= 0.3 is 0 Å². The Morgan fingerprint density at radius 3 is 3.09 bits per heavy atom. The molecule has 1 aromatic heterocycles. The highest BCUT2D eigenvalue weighted by Gasteiger charge is 1.91. The molecule has 60 valence electrons. The molecule has 1 rings (SSSR count). The molecule has 0 aliphatic carbocycles. The maximum Gasteiger partial charge on any atom is 0.0960 e. The van der Waals surface area contributed by atoms with E-state index in [9.17, 15) is 0 Å². The number of hydrogen-bond donors (Lipinski definition) is 2. The Morgan fingerprint density at radius 2 is 2.45 bits per heavy atom. The molecule has 0 saturated heterocycles. The van der Waals surface area contributed by atoms with Crippen LogP contribution in [0, 0.1) is 0 Å². The van der Waals surface area contributed by atoms with Gasteiger partial charge in [-0.2, -0.15) is 0 Å². The summed E-state index contributed by atoms with van der Waals surface area (Å²) in [4.78, 5) is 4.10. The second kappa shape index (κ2) is 5.12. The lowest BCUT2D eigenvalue weighted by Gasteiger charge is -1.97. The Balaban J connectivity index is 2.28.